The SMILES string of the molecule is COC(=O)C1C(=N)OC2=C(C(=O)CC(C)(C)C2)C1c1cccc(Br)c1. The summed E-state index contributed by atoms with van der Waals surface area (Å²) in [7, 11) is 1.28. The van der Waals surface area contributed by atoms with Crippen molar-refractivity contribution < 1.29 is 19.1 Å². The number of nitrogens with one attached hydrogen (secondary N) is 1. The summed E-state index contributed by atoms with van der Waals surface area (Å²) in [5.74, 6) is -1.78. The second kappa shape index (κ2) is 6.41. The molecule has 0 bridgehead atoms. The molecule has 1 aliphatic heterocycles. The maximum atomic E-state index is 12.9. The van der Waals surface area contributed by atoms with Gasteiger partial charge in [-0.25, -0.2) is 0 Å². The van der Waals surface area contributed by atoms with E-state index in [1.54, 1.807) is 0 Å². The van der Waals surface area contributed by atoms with E-state index in [0.29, 0.717) is 24.2 Å². The van der Waals surface area contributed by atoms with Crippen molar-refractivity contribution >= 4 is 33.6 Å². The monoisotopic (exact) mass is 405 g/mol. The van der Waals surface area contributed by atoms with Crippen LogP contribution in [0.4, 0.5) is 0 Å². The highest BCUT2D eigenvalue weighted by Gasteiger charge is 2.49. The quantitative estimate of drug-likeness (QED) is 0.754. The summed E-state index contributed by atoms with van der Waals surface area (Å²) in [5.41, 5.74) is 1.07. The van der Waals surface area contributed by atoms with Gasteiger partial charge in [-0.1, -0.05) is 41.9 Å². The van der Waals surface area contributed by atoms with Gasteiger partial charge in [0.05, 0.1) is 7.11 Å². The van der Waals surface area contributed by atoms with Crippen LogP contribution in [-0.4, -0.2) is 24.8 Å². The summed E-state index contributed by atoms with van der Waals surface area (Å²) in [6.07, 6.45) is 0.954. The van der Waals surface area contributed by atoms with Gasteiger partial charge < -0.3 is 9.47 Å². The maximum Gasteiger partial charge on any atom is 0.319 e. The summed E-state index contributed by atoms with van der Waals surface area (Å²) in [4.78, 5) is 25.3. The van der Waals surface area contributed by atoms with E-state index in [9.17, 15) is 9.59 Å². The van der Waals surface area contributed by atoms with Crippen LogP contribution in [0.3, 0.4) is 0 Å². The number of ketones is 1. The summed E-state index contributed by atoms with van der Waals surface area (Å²) in [6, 6.07) is 7.46. The van der Waals surface area contributed by atoms with Gasteiger partial charge in [0.1, 0.15) is 11.7 Å². The van der Waals surface area contributed by atoms with Gasteiger partial charge >= 0.3 is 5.97 Å². The lowest BCUT2D eigenvalue weighted by Gasteiger charge is -2.40. The second-order valence-electron chi connectivity index (χ2n) is 7.28. The molecule has 1 N–H and O–H groups in total. The van der Waals surface area contributed by atoms with Crippen molar-refractivity contribution in [2.45, 2.75) is 32.6 Å². The summed E-state index contributed by atoms with van der Waals surface area (Å²) in [6.45, 7) is 4.00. The molecule has 0 aromatic heterocycles. The predicted molar refractivity (Wildman–Crippen MR) is 96.2 cm³/mol. The van der Waals surface area contributed by atoms with Gasteiger partial charge in [0.15, 0.2) is 5.78 Å². The molecular formula is C19H20BrNO4. The number of esters is 1. The third-order valence-electron chi connectivity index (χ3n) is 4.70. The van der Waals surface area contributed by atoms with Crippen molar-refractivity contribution in [3.05, 3.63) is 45.6 Å². The zero-order valence-corrected chi connectivity index (χ0v) is 16.0. The Morgan fingerprint density at radius 1 is 1.36 bits per heavy atom. The van der Waals surface area contributed by atoms with Crippen LogP contribution < -0.4 is 0 Å². The highest BCUT2D eigenvalue weighted by atomic mass is 79.9. The van der Waals surface area contributed by atoms with Crippen LogP contribution in [0, 0.1) is 16.7 Å². The zero-order chi connectivity index (χ0) is 18.4. The molecule has 6 heteroatoms. The van der Waals surface area contributed by atoms with E-state index in [1.807, 2.05) is 38.1 Å². The Labute approximate surface area is 155 Å². The molecule has 2 aliphatic rings. The van der Waals surface area contributed by atoms with Crippen molar-refractivity contribution in [3.8, 4) is 0 Å². The summed E-state index contributed by atoms with van der Waals surface area (Å²) < 4.78 is 11.4. The van der Waals surface area contributed by atoms with Crippen molar-refractivity contribution in [2.75, 3.05) is 7.11 Å². The maximum absolute atomic E-state index is 12.9. The largest absolute Gasteiger partial charge is 0.468 e. The Kier molecular flexibility index (Phi) is 4.58. The van der Waals surface area contributed by atoms with Crippen LogP contribution in [0.15, 0.2) is 40.1 Å². The molecule has 2 unspecified atom stereocenters. The van der Waals surface area contributed by atoms with Gasteiger partial charge in [0, 0.05) is 28.8 Å². The number of allylic oxidation sites excluding steroid dienone is 2. The van der Waals surface area contributed by atoms with E-state index >= 15 is 0 Å². The topological polar surface area (TPSA) is 76.5 Å². The summed E-state index contributed by atoms with van der Waals surface area (Å²) >= 11 is 3.44. The number of rotatable bonds is 2. The molecule has 0 amide bonds. The fourth-order valence-corrected chi connectivity index (χ4v) is 4.08. The van der Waals surface area contributed by atoms with Gasteiger partial charge in [-0.05, 0) is 23.1 Å². The Morgan fingerprint density at radius 2 is 2.08 bits per heavy atom. The minimum absolute atomic E-state index is 0.0300. The molecule has 1 aromatic carbocycles. The van der Waals surface area contributed by atoms with Gasteiger partial charge in [-0.2, -0.15) is 0 Å². The second-order valence-corrected chi connectivity index (χ2v) is 8.19. The Bertz CT molecular complexity index is 796. The highest BCUT2D eigenvalue weighted by molar-refractivity contribution is 9.10. The molecule has 0 spiro atoms. The number of carbonyl (C=O) groups excluding carboxylic acids is 2. The number of hydrogen-bond donors (Lipinski definition) is 1. The number of Topliss-reactive ketones (excluding diaryl/α,β-unsaturated/α-hetero) is 1. The molecule has 0 fully saturated rings. The number of ether oxygens (including phenoxy) is 2. The smallest absolute Gasteiger partial charge is 0.319 e. The van der Waals surface area contributed by atoms with Gasteiger partial charge in [0.25, 0.3) is 0 Å². The molecule has 2 atom stereocenters. The molecule has 0 saturated carbocycles. The molecule has 132 valence electrons. The first kappa shape index (κ1) is 17.9. The minimum atomic E-state index is -0.955. The van der Waals surface area contributed by atoms with E-state index in [-0.39, 0.29) is 17.1 Å². The Morgan fingerprint density at radius 3 is 2.72 bits per heavy atom. The first-order valence-corrected chi connectivity index (χ1v) is 8.88. The van der Waals surface area contributed by atoms with Crippen LogP contribution in [0.25, 0.3) is 0 Å². The van der Waals surface area contributed by atoms with Crippen LogP contribution in [-0.2, 0) is 19.1 Å². The Balaban J connectivity index is 2.20. The van der Waals surface area contributed by atoms with Crippen molar-refractivity contribution in [1.82, 2.24) is 0 Å². The van der Waals surface area contributed by atoms with Gasteiger partial charge in [0.2, 0.25) is 5.90 Å². The zero-order valence-electron chi connectivity index (χ0n) is 14.4. The predicted octanol–water partition coefficient (Wildman–Crippen LogP) is 3.97. The number of halogens is 1. The van der Waals surface area contributed by atoms with E-state index in [2.05, 4.69) is 15.9 Å². The standard InChI is InChI=1S/C19H20BrNO4/c1-19(2)8-12(22)15-13(9-19)25-17(21)16(18(23)24-3)14(15)10-5-4-6-11(20)7-10/h4-7,14,16,21H,8-9H2,1-3H3. The van der Waals surface area contributed by atoms with E-state index in [4.69, 9.17) is 14.9 Å². The average Bonchev–Trinajstić information content (AvgIpc) is 2.51. The van der Waals surface area contributed by atoms with Crippen molar-refractivity contribution in [2.24, 2.45) is 11.3 Å². The van der Waals surface area contributed by atoms with Crippen molar-refractivity contribution in [1.29, 1.82) is 5.41 Å². The molecule has 1 aliphatic carbocycles. The van der Waals surface area contributed by atoms with Crippen LogP contribution >= 0.6 is 15.9 Å². The van der Waals surface area contributed by atoms with Crippen LogP contribution in [0.1, 0.15) is 38.2 Å². The van der Waals surface area contributed by atoms with Crippen LogP contribution in [0.2, 0.25) is 0 Å². The summed E-state index contributed by atoms with van der Waals surface area (Å²) in [5, 5.41) is 8.25. The van der Waals surface area contributed by atoms with Crippen LogP contribution in [0.5, 0.6) is 0 Å². The number of carbonyl (C=O) groups is 2. The molecule has 1 heterocycles. The third-order valence-corrected chi connectivity index (χ3v) is 5.20. The first-order chi connectivity index (χ1) is 11.7. The molecule has 25 heavy (non-hydrogen) atoms. The molecule has 0 radical (unpaired) electrons. The lowest BCUT2D eigenvalue weighted by atomic mass is 9.68. The lowest BCUT2D eigenvalue weighted by molar-refractivity contribution is -0.144. The van der Waals surface area contributed by atoms with Gasteiger partial charge in [-0.15, -0.1) is 0 Å². The lowest BCUT2D eigenvalue weighted by Crippen LogP contribution is -2.42. The average molecular weight is 406 g/mol. The molecule has 0 saturated heterocycles. The molecule has 5 nitrogen and oxygen atoms in total. The van der Waals surface area contributed by atoms with E-state index < -0.39 is 17.8 Å². The van der Waals surface area contributed by atoms with Gasteiger partial charge in [-0.3, -0.25) is 15.0 Å². The Hall–Kier alpha value is -1.95. The fraction of sp³-hybridized carbons (Fsp3) is 0.421. The minimum Gasteiger partial charge on any atom is -0.468 e. The molecular weight excluding hydrogens is 386 g/mol. The third kappa shape index (κ3) is 3.27. The van der Waals surface area contributed by atoms with E-state index in [0.717, 1.165) is 10.0 Å². The highest BCUT2D eigenvalue weighted by Crippen LogP contribution is 2.48. The number of hydrogen-bond acceptors (Lipinski definition) is 5. The fourth-order valence-electron chi connectivity index (χ4n) is 3.66. The molecule has 3 rings (SSSR count). The van der Waals surface area contributed by atoms with Crippen molar-refractivity contribution in [3.63, 3.8) is 0 Å². The van der Waals surface area contributed by atoms with E-state index in [1.165, 1.54) is 7.11 Å². The molecule has 1 aromatic rings. The normalized spacial score (nSPS) is 25.3. The number of methoxy groups -OCH3 is 1. The number of benzene rings is 1. The first-order valence-electron chi connectivity index (χ1n) is 8.09.